The molecule has 9 heteroatoms. The van der Waals surface area contributed by atoms with E-state index in [9.17, 15) is 26.4 Å². The van der Waals surface area contributed by atoms with Gasteiger partial charge in [-0.2, -0.15) is 21.6 Å². The second-order valence-electron chi connectivity index (χ2n) is 5.07. The monoisotopic (exact) mass is 338 g/mol. The molecule has 1 aliphatic carbocycles. The molecular formula is C13H13F3O5S. The van der Waals surface area contributed by atoms with Crippen LogP contribution in [0.5, 0.6) is 5.75 Å². The standard InChI is InChI=1S/C13H13F3O5S/c1-7-9-3-2-8(6-12(17)18)10(9)4-5-11(7)21-22(19,20)13(14,15)16/h4-5,8H,2-3,6H2,1H3,(H,17,18)/t8-/m1/s1. The maximum atomic E-state index is 12.4. The summed E-state index contributed by atoms with van der Waals surface area (Å²) in [5, 5.41) is 8.84. The highest BCUT2D eigenvalue weighted by Gasteiger charge is 2.48. The van der Waals surface area contributed by atoms with Gasteiger partial charge < -0.3 is 9.29 Å². The fourth-order valence-electron chi connectivity index (χ4n) is 2.62. The lowest BCUT2D eigenvalue weighted by atomic mass is 9.96. The summed E-state index contributed by atoms with van der Waals surface area (Å²) in [4.78, 5) is 10.8. The number of hydrogen-bond acceptors (Lipinski definition) is 4. The third kappa shape index (κ3) is 3.03. The molecule has 1 atom stereocenters. The summed E-state index contributed by atoms with van der Waals surface area (Å²) >= 11 is 0. The summed E-state index contributed by atoms with van der Waals surface area (Å²) in [5.74, 6) is -1.57. The fourth-order valence-corrected chi connectivity index (χ4v) is 3.13. The number of fused-ring (bicyclic) bond motifs is 1. The van der Waals surface area contributed by atoms with Crippen molar-refractivity contribution in [2.24, 2.45) is 0 Å². The number of benzene rings is 1. The maximum Gasteiger partial charge on any atom is 0.534 e. The SMILES string of the molecule is Cc1c(OS(=O)(=O)C(F)(F)F)ccc2c1CC[C@@H]2CC(=O)O. The highest BCUT2D eigenvalue weighted by atomic mass is 32.2. The van der Waals surface area contributed by atoms with E-state index in [1.807, 2.05) is 0 Å². The molecule has 0 aromatic heterocycles. The minimum absolute atomic E-state index is 0.0759. The van der Waals surface area contributed by atoms with E-state index in [2.05, 4.69) is 4.18 Å². The van der Waals surface area contributed by atoms with Gasteiger partial charge in [-0.15, -0.1) is 0 Å². The van der Waals surface area contributed by atoms with Crippen molar-refractivity contribution in [1.29, 1.82) is 0 Å². The first-order valence-electron chi connectivity index (χ1n) is 6.38. The Bertz CT molecular complexity index is 709. The lowest BCUT2D eigenvalue weighted by Crippen LogP contribution is -2.28. The van der Waals surface area contributed by atoms with Gasteiger partial charge in [-0.1, -0.05) is 6.07 Å². The predicted octanol–water partition coefficient (Wildman–Crippen LogP) is 2.73. The molecule has 122 valence electrons. The summed E-state index contributed by atoms with van der Waals surface area (Å²) in [6.45, 7) is 1.46. The zero-order valence-corrected chi connectivity index (χ0v) is 12.3. The van der Waals surface area contributed by atoms with Gasteiger partial charge in [-0.3, -0.25) is 4.79 Å². The van der Waals surface area contributed by atoms with E-state index in [1.54, 1.807) is 0 Å². The van der Waals surface area contributed by atoms with Gasteiger partial charge in [-0.05, 0) is 48.4 Å². The van der Waals surface area contributed by atoms with Crippen LogP contribution in [0.4, 0.5) is 13.2 Å². The Morgan fingerprint density at radius 2 is 2.05 bits per heavy atom. The zero-order valence-electron chi connectivity index (χ0n) is 11.5. The quantitative estimate of drug-likeness (QED) is 0.674. The van der Waals surface area contributed by atoms with Crippen molar-refractivity contribution >= 4 is 16.1 Å². The molecule has 1 aromatic carbocycles. The first-order valence-corrected chi connectivity index (χ1v) is 7.78. The number of carboxylic acid groups (broad SMARTS) is 1. The van der Waals surface area contributed by atoms with Crippen LogP contribution in [-0.4, -0.2) is 25.0 Å². The Labute approximate surface area is 124 Å². The van der Waals surface area contributed by atoms with Crippen LogP contribution >= 0.6 is 0 Å². The van der Waals surface area contributed by atoms with Crippen LogP contribution in [-0.2, 0) is 21.3 Å². The van der Waals surface area contributed by atoms with Crippen molar-refractivity contribution in [3.05, 3.63) is 28.8 Å². The molecule has 0 saturated heterocycles. The van der Waals surface area contributed by atoms with Crippen molar-refractivity contribution in [2.75, 3.05) is 0 Å². The van der Waals surface area contributed by atoms with E-state index in [1.165, 1.54) is 13.0 Å². The average Bonchev–Trinajstić information content (AvgIpc) is 2.74. The van der Waals surface area contributed by atoms with Gasteiger partial charge in [0.2, 0.25) is 0 Å². The van der Waals surface area contributed by atoms with E-state index in [0.29, 0.717) is 24.0 Å². The van der Waals surface area contributed by atoms with Crippen molar-refractivity contribution in [3.8, 4) is 5.75 Å². The smallest absolute Gasteiger partial charge is 0.481 e. The van der Waals surface area contributed by atoms with Crippen molar-refractivity contribution in [1.82, 2.24) is 0 Å². The van der Waals surface area contributed by atoms with E-state index in [4.69, 9.17) is 5.11 Å². The number of carboxylic acids is 1. The molecule has 0 heterocycles. The van der Waals surface area contributed by atoms with Crippen LogP contribution in [0.2, 0.25) is 0 Å². The van der Waals surface area contributed by atoms with E-state index >= 15 is 0 Å². The van der Waals surface area contributed by atoms with Gasteiger partial charge in [0.25, 0.3) is 0 Å². The average molecular weight is 338 g/mol. The van der Waals surface area contributed by atoms with Crippen molar-refractivity contribution in [3.63, 3.8) is 0 Å². The van der Waals surface area contributed by atoms with E-state index < -0.39 is 21.6 Å². The molecule has 5 nitrogen and oxygen atoms in total. The Kier molecular flexibility index (Phi) is 4.12. The molecule has 0 bridgehead atoms. The molecule has 0 saturated carbocycles. The van der Waals surface area contributed by atoms with Crippen LogP contribution in [0.15, 0.2) is 12.1 Å². The summed E-state index contributed by atoms with van der Waals surface area (Å²) < 4.78 is 63.3. The second kappa shape index (κ2) is 5.45. The lowest BCUT2D eigenvalue weighted by molar-refractivity contribution is -0.137. The van der Waals surface area contributed by atoms with Crippen LogP contribution in [0.25, 0.3) is 0 Å². The van der Waals surface area contributed by atoms with Crippen LogP contribution in [0.1, 0.15) is 35.4 Å². The summed E-state index contributed by atoms with van der Waals surface area (Å²) in [7, 11) is -5.72. The van der Waals surface area contributed by atoms with Crippen LogP contribution in [0, 0.1) is 6.92 Å². The molecular weight excluding hydrogens is 325 g/mol. The van der Waals surface area contributed by atoms with Crippen molar-refractivity contribution < 1.29 is 35.7 Å². The van der Waals surface area contributed by atoms with Gasteiger partial charge in [0.15, 0.2) is 0 Å². The highest BCUT2D eigenvalue weighted by molar-refractivity contribution is 7.88. The van der Waals surface area contributed by atoms with Crippen LogP contribution in [0.3, 0.4) is 0 Å². The van der Waals surface area contributed by atoms with Gasteiger partial charge in [0.1, 0.15) is 5.75 Å². The number of hydrogen-bond donors (Lipinski definition) is 1. The normalized spacial score (nSPS) is 18.1. The van der Waals surface area contributed by atoms with Gasteiger partial charge in [0, 0.05) is 0 Å². The molecule has 1 N–H and O–H groups in total. The molecule has 1 aliphatic rings. The Hall–Kier alpha value is -1.77. The number of aliphatic carboxylic acids is 1. The highest BCUT2D eigenvalue weighted by Crippen LogP contribution is 2.41. The maximum absolute atomic E-state index is 12.4. The molecule has 0 aliphatic heterocycles. The summed E-state index contributed by atoms with van der Waals surface area (Å²) in [6.07, 6.45) is 0.952. The molecule has 22 heavy (non-hydrogen) atoms. The van der Waals surface area contributed by atoms with Gasteiger partial charge in [0.05, 0.1) is 6.42 Å². The van der Waals surface area contributed by atoms with Crippen LogP contribution < -0.4 is 4.18 Å². The van der Waals surface area contributed by atoms with Crippen molar-refractivity contribution in [2.45, 2.75) is 37.6 Å². The fraction of sp³-hybridized carbons (Fsp3) is 0.462. The molecule has 0 unspecified atom stereocenters. The molecule has 0 spiro atoms. The minimum atomic E-state index is -5.72. The molecule has 1 aromatic rings. The Balaban J connectivity index is 2.34. The van der Waals surface area contributed by atoms with Gasteiger partial charge >= 0.3 is 21.6 Å². The number of halogens is 3. The first kappa shape index (κ1) is 16.6. The largest absolute Gasteiger partial charge is 0.534 e. The third-order valence-electron chi connectivity index (χ3n) is 3.67. The Morgan fingerprint density at radius 1 is 1.41 bits per heavy atom. The summed E-state index contributed by atoms with van der Waals surface area (Å²) in [5.41, 5.74) is -3.83. The third-order valence-corrected chi connectivity index (χ3v) is 4.64. The molecule has 0 fully saturated rings. The topological polar surface area (TPSA) is 80.7 Å². The number of alkyl halides is 3. The molecule has 0 amide bonds. The lowest BCUT2D eigenvalue weighted by Gasteiger charge is -2.15. The first-order chi connectivity index (χ1) is 10.0. The summed E-state index contributed by atoms with van der Waals surface area (Å²) in [6, 6.07) is 2.57. The zero-order chi connectivity index (χ0) is 16.7. The van der Waals surface area contributed by atoms with E-state index in [-0.39, 0.29) is 18.1 Å². The molecule has 2 rings (SSSR count). The van der Waals surface area contributed by atoms with Gasteiger partial charge in [-0.25, -0.2) is 0 Å². The number of rotatable bonds is 4. The Morgan fingerprint density at radius 3 is 2.59 bits per heavy atom. The minimum Gasteiger partial charge on any atom is -0.481 e. The molecule has 0 radical (unpaired) electrons. The predicted molar refractivity (Wildman–Crippen MR) is 70.1 cm³/mol. The number of carbonyl (C=O) groups is 1. The second-order valence-corrected chi connectivity index (χ2v) is 6.61. The van der Waals surface area contributed by atoms with E-state index in [0.717, 1.165) is 11.6 Å².